The van der Waals surface area contributed by atoms with E-state index in [1.807, 2.05) is 60.7 Å². The maximum Gasteiger partial charge on any atom is 0.251 e. The third-order valence-corrected chi connectivity index (χ3v) is 6.08. The molecule has 6 heteroatoms. The van der Waals surface area contributed by atoms with Gasteiger partial charge in [0.05, 0.1) is 17.6 Å². The van der Waals surface area contributed by atoms with E-state index < -0.39 is 0 Å². The average Bonchev–Trinajstić information content (AvgIpc) is 3.17. The summed E-state index contributed by atoms with van der Waals surface area (Å²) in [6, 6.07) is 23.7. The lowest BCUT2D eigenvalue weighted by molar-refractivity contribution is 0.0954. The van der Waals surface area contributed by atoms with Gasteiger partial charge in [0.1, 0.15) is 11.6 Å². The zero-order chi connectivity index (χ0) is 23.0. The van der Waals surface area contributed by atoms with E-state index in [0.29, 0.717) is 25.1 Å². The number of unbranched alkanes of at least 4 members (excludes halogenated alkanes) is 1. The molecular weight excluding hydrogens is 478 g/mol. The van der Waals surface area contributed by atoms with Gasteiger partial charge in [0.25, 0.3) is 5.91 Å². The topological polar surface area (TPSA) is 56.1 Å². The highest BCUT2D eigenvalue weighted by Gasteiger charge is 2.11. The van der Waals surface area contributed by atoms with Gasteiger partial charge in [0, 0.05) is 29.5 Å². The van der Waals surface area contributed by atoms with Crippen molar-refractivity contribution in [1.82, 2.24) is 14.9 Å². The van der Waals surface area contributed by atoms with Crippen LogP contribution in [0.4, 0.5) is 0 Å². The Labute approximate surface area is 202 Å². The van der Waals surface area contributed by atoms with Crippen molar-refractivity contribution >= 4 is 32.9 Å². The fraction of sp³-hybridized carbons (Fsp3) is 0.259. The van der Waals surface area contributed by atoms with Crippen molar-refractivity contribution in [3.63, 3.8) is 0 Å². The van der Waals surface area contributed by atoms with Gasteiger partial charge in [-0.25, -0.2) is 4.98 Å². The number of benzene rings is 3. The second-order valence-electron chi connectivity index (χ2n) is 8.01. The number of fused-ring (bicyclic) bond motifs is 1. The molecule has 1 amide bonds. The van der Waals surface area contributed by atoms with Gasteiger partial charge in [0.2, 0.25) is 0 Å². The minimum absolute atomic E-state index is 0.0766. The summed E-state index contributed by atoms with van der Waals surface area (Å²) >= 11 is 3.41. The van der Waals surface area contributed by atoms with Crippen LogP contribution in [0.2, 0.25) is 0 Å². The first-order valence-electron chi connectivity index (χ1n) is 11.3. The summed E-state index contributed by atoms with van der Waals surface area (Å²) in [6.07, 6.45) is 2.62. The average molecular weight is 506 g/mol. The molecule has 0 saturated carbocycles. The van der Waals surface area contributed by atoms with Crippen molar-refractivity contribution in [2.75, 3.05) is 13.2 Å². The van der Waals surface area contributed by atoms with Crippen molar-refractivity contribution in [3.8, 4) is 5.75 Å². The van der Waals surface area contributed by atoms with Crippen LogP contribution < -0.4 is 10.1 Å². The fourth-order valence-electron chi connectivity index (χ4n) is 3.86. The quantitative estimate of drug-likeness (QED) is 0.271. The van der Waals surface area contributed by atoms with Crippen molar-refractivity contribution in [1.29, 1.82) is 0 Å². The number of rotatable bonds is 10. The fourth-order valence-corrected chi connectivity index (χ4v) is 4.26. The molecule has 0 atom stereocenters. The van der Waals surface area contributed by atoms with Crippen LogP contribution >= 0.6 is 15.9 Å². The molecule has 4 aromatic rings. The molecule has 0 bridgehead atoms. The molecule has 0 aliphatic rings. The first-order valence-corrected chi connectivity index (χ1v) is 12.1. The van der Waals surface area contributed by atoms with Crippen LogP contribution in [0, 0.1) is 6.92 Å². The largest absolute Gasteiger partial charge is 0.493 e. The number of nitrogens with one attached hydrogen (secondary N) is 1. The van der Waals surface area contributed by atoms with Crippen molar-refractivity contribution in [3.05, 3.63) is 94.2 Å². The van der Waals surface area contributed by atoms with Crippen LogP contribution in [0.1, 0.15) is 34.6 Å². The van der Waals surface area contributed by atoms with E-state index in [1.165, 1.54) is 0 Å². The number of aryl methyl sites for hydroxylation is 2. The molecule has 0 fully saturated rings. The standard InChI is InChI=1S/C27H28BrN3O2/c1-20-9-2-5-14-25(20)33-18-7-6-17-31-24-13-4-3-12-23(24)30-26(31)15-16-29-27(32)21-10-8-11-22(28)19-21/h2-5,8-14,19H,6-7,15-18H2,1H3,(H,29,32). The van der Waals surface area contributed by atoms with Crippen LogP contribution in [0.15, 0.2) is 77.3 Å². The molecule has 4 rings (SSSR count). The number of para-hydroxylation sites is 3. The third-order valence-electron chi connectivity index (χ3n) is 5.58. The lowest BCUT2D eigenvalue weighted by Gasteiger charge is -2.11. The van der Waals surface area contributed by atoms with Crippen molar-refractivity contribution in [2.45, 2.75) is 32.7 Å². The van der Waals surface area contributed by atoms with Gasteiger partial charge >= 0.3 is 0 Å². The highest BCUT2D eigenvalue weighted by atomic mass is 79.9. The Kier molecular flexibility index (Phi) is 7.79. The highest BCUT2D eigenvalue weighted by Crippen LogP contribution is 2.19. The normalized spacial score (nSPS) is 11.0. The Morgan fingerprint density at radius 1 is 1.03 bits per heavy atom. The minimum atomic E-state index is -0.0766. The molecule has 1 heterocycles. The maximum atomic E-state index is 12.5. The Balaban J connectivity index is 1.34. The molecule has 3 aromatic carbocycles. The molecular formula is C27H28BrN3O2. The van der Waals surface area contributed by atoms with Crippen LogP contribution in [0.25, 0.3) is 11.0 Å². The second-order valence-corrected chi connectivity index (χ2v) is 8.92. The highest BCUT2D eigenvalue weighted by molar-refractivity contribution is 9.10. The number of aromatic nitrogens is 2. The lowest BCUT2D eigenvalue weighted by Crippen LogP contribution is -2.26. The Bertz CT molecular complexity index is 1240. The Hall–Kier alpha value is -3.12. The third kappa shape index (κ3) is 6.02. The van der Waals surface area contributed by atoms with Gasteiger partial charge in [-0.05, 0) is 61.7 Å². The van der Waals surface area contributed by atoms with Crippen molar-refractivity contribution in [2.24, 2.45) is 0 Å². The SMILES string of the molecule is Cc1ccccc1OCCCCn1c(CCNC(=O)c2cccc(Br)c2)nc2ccccc21. The number of carbonyl (C=O) groups excluding carboxylic acids is 1. The summed E-state index contributed by atoms with van der Waals surface area (Å²) in [7, 11) is 0. The van der Waals surface area contributed by atoms with Gasteiger partial charge < -0.3 is 14.6 Å². The monoisotopic (exact) mass is 505 g/mol. The summed E-state index contributed by atoms with van der Waals surface area (Å²) in [5.74, 6) is 1.87. The summed E-state index contributed by atoms with van der Waals surface area (Å²) in [4.78, 5) is 17.3. The van der Waals surface area contributed by atoms with E-state index in [4.69, 9.17) is 9.72 Å². The van der Waals surface area contributed by atoms with E-state index >= 15 is 0 Å². The predicted molar refractivity (Wildman–Crippen MR) is 136 cm³/mol. The number of ether oxygens (including phenoxy) is 1. The Morgan fingerprint density at radius 3 is 2.70 bits per heavy atom. The van der Waals surface area contributed by atoms with Crippen LogP contribution in [-0.2, 0) is 13.0 Å². The summed E-state index contributed by atoms with van der Waals surface area (Å²) in [6.45, 7) is 4.15. The van der Waals surface area contributed by atoms with Crippen molar-refractivity contribution < 1.29 is 9.53 Å². The van der Waals surface area contributed by atoms with E-state index in [-0.39, 0.29) is 5.91 Å². The summed E-state index contributed by atoms with van der Waals surface area (Å²) in [5, 5.41) is 3.01. The van der Waals surface area contributed by atoms with Crippen LogP contribution in [0.5, 0.6) is 5.75 Å². The number of carbonyl (C=O) groups is 1. The number of halogens is 1. The van der Waals surface area contributed by atoms with Gasteiger partial charge in [-0.3, -0.25) is 4.79 Å². The number of imidazole rings is 1. The van der Waals surface area contributed by atoms with E-state index in [1.54, 1.807) is 0 Å². The molecule has 1 N–H and O–H groups in total. The molecule has 0 unspecified atom stereocenters. The van der Waals surface area contributed by atoms with E-state index in [2.05, 4.69) is 44.9 Å². The number of amides is 1. The van der Waals surface area contributed by atoms with Gasteiger partial charge in [-0.1, -0.05) is 52.3 Å². The number of nitrogens with zero attached hydrogens (tertiary/aromatic N) is 2. The molecule has 0 radical (unpaired) electrons. The first-order chi connectivity index (χ1) is 16.1. The van der Waals surface area contributed by atoms with Crippen LogP contribution in [-0.4, -0.2) is 28.6 Å². The molecule has 5 nitrogen and oxygen atoms in total. The van der Waals surface area contributed by atoms with Gasteiger partial charge in [-0.15, -0.1) is 0 Å². The molecule has 33 heavy (non-hydrogen) atoms. The Morgan fingerprint density at radius 2 is 1.85 bits per heavy atom. The summed E-state index contributed by atoms with van der Waals surface area (Å²) < 4.78 is 9.10. The molecule has 170 valence electrons. The molecule has 0 aliphatic heterocycles. The molecule has 0 aliphatic carbocycles. The zero-order valence-corrected chi connectivity index (χ0v) is 20.3. The first kappa shape index (κ1) is 23.1. The zero-order valence-electron chi connectivity index (χ0n) is 18.8. The lowest BCUT2D eigenvalue weighted by atomic mass is 10.2. The minimum Gasteiger partial charge on any atom is -0.493 e. The number of hydrogen-bond donors (Lipinski definition) is 1. The maximum absolute atomic E-state index is 12.5. The molecule has 1 aromatic heterocycles. The van der Waals surface area contributed by atoms with Gasteiger partial charge in [0.15, 0.2) is 0 Å². The molecule has 0 spiro atoms. The van der Waals surface area contributed by atoms with Crippen LogP contribution in [0.3, 0.4) is 0 Å². The molecule has 0 saturated heterocycles. The smallest absolute Gasteiger partial charge is 0.251 e. The van der Waals surface area contributed by atoms with E-state index in [9.17, 15) is 4.79 Å². The number of hydrogen-bond acceptors (Lipinski definition) is 3. The van der Waals surface area contributed by atoms with E-state index in [0.717, 1.165) is 52.0 Å². The summed E-state index contributed by atoms with van der Waals surface area (Å²) in [5.41, 5.74) is 3.92. The second kappa shape index (κ2) is 11.1. The predicted octanol–water partition coefficient (Wildman–Crippen LogP) is 5.94. The van der Waals surface area contributed by atoms with Gasteiger partial charge in [-0.2, -0.15) is 0 Å².